The normalized spacial score (nSPS) is 12.7. The molecule has 0 fully saturated rings. The highest BCUT2D eigenvalue weighted by atomic mass is 16.6. The lowest BCUT2D eigenvalue weighted by atomic mass is 9.80. The molecule has 2 atom stereocenters. The van der Waals surface area contributed by atoms with Gasteiger partial charge < -0.3 is 19.3 Å². The molecule has 0 amide bonds. The number of hydrogen-bond acceptors (Lipinski definition) is 8. The Morgan fingerprint density at radius 3 is 0.759 bits per heavy atom. The van der Waals surface area contributed by atoms with Crippen LogP contribution in [0.25, 0.3) is 0 Å². The van der Waals surface area contributed by atoms with Gasteiger partial charge in [0.05, 0.1) is 26.2 Å². The van der Waals surface area contributed by atoms with Crippen LogP contribution in [0.4, 0.5) is 0 Å². The van der Waals surface area contributed by atoms with E-state index in [9.17, 15) is 24.3 Å². The summed E-state index contributed by atoms with van der Waals surface area (Å²) in [7, 11) is 0. The van der Waals surface area contributed by atoms with Crippen LogP contribution in [0.1, 0.15) is 400 Å². The van der Waals surface area contributed by atoms with Gasteiger partial charge in [-0.05, 0) is 25.7 Å². The van der Waals surface area contributed by atoms with Crippen LogP contribution in [-0.2, 0) is 33.4 Å². The van der Waals surface area contributed by atoms with E-state index in [0.717, 1.165) is 57.8 Å². The largest absolute Gasteiger partial charge is 0.466 e. The van der Waals surface area contributed by atoms with Crippen molar-refractivity contribution in [2.45, 2.75) is 406 Å². The fraction of sp³-hybridized carbons (Fsp3) is 0.944. The third-order valence-electron chi connectivity index (χ3n) is 16.8. The first-order valence-corrected chi connectivity index (χ1v) is 35.5. The maximum atomic E-state index is 14.0. The van der Waals surface area contributed by atoms with E-state index in [-0.39, 0.29) is 26.2 Å². The van der Waals surface area contributed by atoms with Gasteiger partial charge in [0.1, 0.15) is 0 Å². The molecule has 8 nitrogen and oxygen atoms in total. The van der Waals surface area contributed by atoms with Gasteiger partial charge in [0.25, 0.3) is 0 Å². The molecule has 0 rings (SSSR count). The number of rotatable bonds is 66. The van der Waals surface area contributed by atoms with E-state index in [4.69, 9.17) is 14.2 Å². The molecule has 1 N–H and O–H groups in total. The van der Waals surface area contributed by atoms with E-state index in [2.05, 4.69) is 20.8 Å². The number of esters is 3. The maximum absolute atomic E-state index is 14.0. The minimum Gasteiger partial charge on any atom is -0.466 e. The second kappa shape index (κ2) is 62.1. The molecule has 0 aliphatic heterocycles. The van der Waals surface area contributed by atoms with Crippen LogP contribution in [0.3, 0.4) is 0 Å². The summed E-state index contributed by atoms with van der Waals surface area (Å²) in [5.41, 5.74) is -2.71. The summed E-state index contributed by atoms with van der Waals surface area (Å²) >= 11 is 0. The summed E-state index contributed by atoms with van der Waals surface area (Å²) < 4.78 is 16.9. The Bertz CT molecular complexity index is 1300. The lowest BCUT2D eigenvalue weighted by Crippen LogP contribution is -2.55. The van der Waals surface area contributed by atoms with Gasteiger partial charge >= 0.3 is 17.9 Å². The van der Waals surface area contributed by atoms with Gasteiger partial charge in [-0.25, -0.2) is 4.79 Å². The van der Waals surface area contributed by atoms with Crippen LogP contribution in [0.15, 0.2) is 0 Å². The second-order valence-corrected chi connectivity index (χ2v) is 24.7. The van der Waals surface area contributed by atoms with Gasteiger partial charge in [-0.2, -0.15) is 0 Å². The van der Waals surface area contributed by atoms with Crippen LogP contribution in [0.2, 0.25) is 0 Å². The lowest BCUT2D eigenvalue weighted by molar-refractivity contribution is -0.188. The molecule has 0 saturated carbocycles. The van der Waals surface area contributed by atoms with Crippen molar-refractivity contribution in [1.29, 1.82) is 0 Å². The third-order valence-corrected chi connectivity index (χ3v) is 16.8. The molecule has 0 aromatic rings. The van der Waals surface area contributed by atoms with Crippen molar-refractivity contribution in [2.24, 2.45) is 5.92 Å². The molecule has 0 spiro atoms. The minimum absolute atomic E-state index is 0.0152. The highest BCUT2D eigenvalue weighted by Gasteiger charge is 2.55. The SMILES string of the molecule is CCCCCCCCCCCCCCCCCCCCOC(=O)CC(O)(C(=O)OCCCCCCCCCCCCCCCCCCCC)C(C(=O)CCCC)C(=O)OCCCCCCCCCCCCCCCCCCCC. The van der Waals surface area contributed by atoms with Crippen molar-refractivity contribution < 1.29 is 38.5 Å². The molecule has 0 aliphatic carbocycles. The smallest absolute Gasteiger partial charge is 0.340 e. The van der Waals surface area contributed by atoms with Gasteiger partial charge in [0.2, 0.25) is 0 Å². The zero-order chi connectivity index (χ0) is 57.6. The molecule has 0 bridgehead atoms. The molecular weight excluding hydrogens is 981 g/mol. The molecule has 0 saturated heterocycles. The number of ketones is 1. The van der Waals surface area contributed by atoms with E-state index in [1.807, 2.05) is 6.92 Å². The number of aliphatic hydroxyl groups is 1. The highest BCUT2D eigenvalue weighted by molar-refractivity contribution is 6.06. The second-order valence-electron chi connectivity index (χ2n) is 24.7. The van der Waals surface area contributed by atoms with E-state index >= 15 is 0 Å². The van der Waals surface area contributed by atoms with Gasteiger partial charge in [-0.15, -0.1) is 0 Å². The maximum Gasteiger partial charge on any atom is 0.340 e. The van der Waals surface area contributed by atoms with E-state index in [0.29, 0.717) is 32.1 Å². The standard InChI is InChI=1S/C71H136O8/c1-5-9-13-16-19-22-25-28-31-34-37-40-43-46-49-52-55-58-62-77-67(73)65-71(76,70(75)79-64-60-57-54-51-48-45-42-39-36-33-30-27-24-21-18-15-11-7-3)68(66(72)61-12-8-4)69(74)78-63-59-56-53-50-47-44-41-38-35-32-29-26-23-20-17-14-10-6-2/h68,76H,5-65H2,1-4H3. The first kappa shape index (κ1) is 77.0. The van der Waals surface area contributed by atoms with Gasteiger partial charge in [0, 0.05) is 6.42 Å². The molecule has 2 unspecified atom stereocenters. The Kier molecular flexibility index (Phi) is 60.6. The topological polar surface area (TPSA) is 116 Å². The quantitative estimate of drug-likeness (QED) is 0.0277. The molecule has 0 heterocycles. The van der Waals surface area contributed by atoms with Gasteiger partial charge in [-0.3, -0.25) is 14.4 Å². The first-order valence-electron chi connectivity index (χ1n) is 35.5. The lowest BCUT2D eigenvalue weighted by Gasteiger charge is -2.31. The Morgan fingerprint density at radius 1 is 0.291 bits per heavy atom. The van der Waals surface area contributed by atoms with Crippen molar-refractivity contribution >= 4 is 23.7 Å². The first-order chi connectivity index (χ1) is 38.8. The number of hydrogen-bond donors (Lipinski definition) is 1. The summed E-state index contributed by atoms with van der Waals surface area (Å²) in [6, 6.07) is 0. The predicted molar refractivity (Wildman–Crippen MR) is 337 cm³/mol. The van der Waals surface area contributed by atoms with Crippen molar-refractivity contribution in [1.82, 2.24) is 0 Å². The minimum atomic E-state index is -2.71. The van der Waals surface area contributed by atoms with Crippen LogP contribution >= 0.6 is 0 Å². The zero-order valence-corrected chi connectivity index (χ0v) is 53.5. The van der Waals surface area contributed by atoms with E-state index in [1.54, 1.807) is 0 Å². The fourth-order valence-corrected chi connectivity index (χ4v) is 11.4. The number of unbranched alkanes of at least 4 members (excludes halogenated alkanes) is 52. The summed E-state index contributed by atoms with van der Waals surface area (Å²) in [6.07, 6.45) is 68.0. The van der Waals surface area contributed by atoms with Crippen molar-refractivity contribution in [2.75, 3.05) is 19.8 Å². The average molecular weight is 1120 g/mol. The summed E-state index contributed by atoms with van der Waals surface area (Å²) in [6.45, 7) is 9.05. The molecule has 0 aromatic carbocycles. The molecule has 468 valence electrons. The van der Waals surface area contributed by atoms with Gasteiger partial charge in [-0.1, -0.05) is 362 Å². The number of Topliss-reactive ketones (excluding diaryl/α,β-unsaturated/α-hetero) is 1. The molecule has 8 heteroatoms. The Labute approximate surface area is 491 Å². The van der Waals surface area contributed by atoms with E-state index < -0.39 is 41.6 Å². The predicted octanol–water partition coefficient (Wildman–Crippen LogP) is 22.2. The van der Waals surface area contributed by atoms with Crippen molar-refractivity contribution in [3.63, 3.8) is 0 Å². The Hall–Kier alpha value is -1.96. The van der Waals surface area contributed by atoms with Crippen LogP contribution in [-0.4, -0.2) is 54.2 Å². The number of carbonyl (C=O) groups is 4. The highest BCUT2D eigenvalue weighted by Crippen LogP contribution is 2.30. The van der Waals surface area contributed by atoms with Crippen LogP contribution < -0.4 is 0 Å². The number of carbonyl (C=O) groups excluding carboxylic acids is 4. The Morgan fingerprint density at radius 2 is 0.506 bits per heavy atom. The molecular formula is C71H136O8. The van der Waals surface area contributed by atoms with Crippen molar-refractivity contribution in [3.05, 3.63) is 0 Å². The molecule has 79 heavy (non-hydrogen) atoms. The third kappa shape index (κ3) is 51.4. The summed E-state index contributed by atoms with van der Waals surface area (Å²) in [5.74, 6) is -5.36. The number of ether oxygens (including phenoxy) is 3. The van der Waals surface area contributed by atoms with Crippen LogP contribution in [0.5, 0.6) is 0 Å². The zero-order valence-electron chi connectivity index (χ0n) is 53.5. The Balaban J connectivity index is 4.98. The van der Waals surface area contributed by atoms with Gasteiger partial charge in [0.15, 0.2) is 17.3 Å². The molecule has 0 aliphatic rings. The van der Waals surface area contributed by atoms with Crippen LogP contribution in [0, 0.1) is 5.92 Å². The van der Waals surface area contributed by atoms with E-state index in [1.165, 1.54) is 270 Å². The summed E-state index contributed by atoms with van der Waals surface area (Å²) in [4.78, 5) is 55.2. The molecule has 0 aromatic heterocycles. The monoisotopic (exact) mass is 1120 g/mol. The summed E-state index contributed by atoms with van der Waals surface area (Å²) in [5, 5.41) is 12.2. The molecule has 0 radical (unpaired) electrons. The fourth-order valence-electron chi connectivity index (χ4n) is 11.4. The van der Waals surface area contributed by atoms with Crippen molar-refractivity contribution in [3.8, 4) is 0 Å². The average Bonchev–Trinajstić information content (AvgIpc) is 3.44.